The number of hydrogen-bond acceptors (Lipinski definition) is 4. The maximum atomic E-state index is 13.4. The van der Waals surface area contributed by atoms with Gasteiger partial charge in [0.1, 0.15) is 17.7 Å². The van der Waals surface area contributed by atoms with Crippen LogP contribution in [0.2, 0.25) is 0 Å². The summed E-state index contributed by atoms with van der Waals surface area (Å²) in [4.78, 5) is 0. The smallest absolute Gasteiger partial charge is 0.233 e. The minimum atomic E-state index is -1.06. The Hall–Kier alpha value is -2.08. The molecule has 0 saturated carbocycles. The fourth-order valence-electron chi connectivity index (χ4n) is 1.63. The summed E-state index contributed by atoms with van der Waals surface area (Å²) < 4.78 is 31.3. The SMILES string of the molecule is COc1ccc(C(O)Cc2cc(F)ccc2F)nn1. The topological polar surface area (TPSA) is 55.2 Å². The van der Waals surface area contributed by atoms with Gasteiger partial charge in [0, 0.05) is 12.5 Å². The highest BCUT2D eigenvalue weighted by Crippen LogP contribution is 2.19. The lowest BCUT2D eigenvalue weighted by atomic mass is 10.0. The quantitative estimate of drug-likeness (QED) is 0.920. The Bertz CT molecular complexity index is 561. The van der Waals surface area contributed by atoms with Gasteiger partial charge in [0.15, 0.2) is 0 Å². The molecule has 1 atom stereocenters. The summed E-state index contributed by atoms with van der Waals surface area (Å²) in [6, 6.07) is 6.16. The van der Waals surface area contributed by atoms with Crippen molar-refractivity contribution in [3.63, 3.8) is 0 Å². The predicted molar refractivity (Wildman–Crippen MR) is 63.6 cm³/mol. The molecule has 0 aliphatic carbocycles. The highest BCUT2D eigenvalue weighted by molar-refractivity contribution is 5.21. The molecule has 2 aromatic rings. The summed E-state index contributed by atoms with van der Waals surface area (Å²) in [6.07, 6.45) is -1.14. The predicted octanol–water partition coefficient (Wildman–Crippen LogP) is 2.04. The van der Waals surface area contributed by atoms with Crippen LogP contribution in [0.4, 0.5) is 8.78 Å². The zero-order valence-electron chi connectivity index (χ0n) is 10.2. The average molecular weight is 266 g/mol. The lowest BCUT2D eigenvalue weighted by molar-refractivity contribution is 0.170. The van der Waals surface area contributed by atoms with Gasteiger partial charge in [-0.1, -0.05) is 0 Å². The molecule has 1 aromatic carbocycles. The van der Waals surface area contributed by atoms with Crippen molar-refractivity contribution in [3.05, 3.63) is 53.2 Å². The van der Waals surface area contributed by atoms with E-state index in [2.05, 4.69) is 10.2 Å². The van der Waals surface area contributed by atoms with Crippen molar-refractivity contribution in [3.8, 4) is 5.88 Å². The molecule has 0 aliphatic heterocycles. The summed E-state index contributed by atoms with van der Waals surface area (Å²) in [7, 11) is 1.45. The summed E-state index contributed by atoms with van der Waals surface area (Å²) in [5.41, 5.74) is 0.356. The lowest BCUT2D eigenvalue weighted by Gasteiger charge is -2.10. The Morgan fingerprint density at radius 3 is 2.63 bits per heavy atom. The van der Waals surface area contributed by atoms with E-state index in [4.69, 9.17) is 4.74 Å². The number of methoxy groups -OCH3 is 1. The number of aliphatic hydroxyl groups is 1. The molecule has 0 amide bonds. The van der Waals surface area contributed by atoms with E-state index in [0.717, 1.165) is 18.2 Å². The van der Waals surface area contributed by atoms with Gasteiger partial charge in [0.2, 0.25) is 5.88 Å². The number of aliphatic hydroxyl groups excluding tert-OH is 1. The molecule has 1 heterocycles. The van der Waals surface area contributed by atoms with Crippen LogP contribution < -0.4 is 4.74 Å². The van der Waals surface area contributed by atoms with Gasteiger partial charge in [-0.25, -0.2) is 8.78 Å². The molecule has 0 fully saturated rings. The molecule has 0 radical (unpaired) electrons. The zero-order valence-corrected chi connectivity index (χ0v) is 10.2. The van der Waals surface area contributed by atoms with Crippen molar-refractivity contribution in [1.29, 1.82) is 0 Å². The van der Waals surface area contributed by atoms with Crippen LogP contribution in [0, 0.1) is 11.6 Å². The first kappa shape index (κ1) is 13.4. The van der Waals surface area contributed by atoms with Gasteiger partial charge in [0.05, 0.1) is 12.8 Å². The number of halogens is 2. The Morgan fingerprint density at radius 1 is 1.21 bits per heavy atom. The van der Waals surface area contributed by atoms with Gasteiger partial charge in [-0.15, -0.1) is 10.2 Å². The van der Waals surface area contributed by atoms with Crippen LogP contribution in [0.3, 0.4) is 0 Å². The Kier molecular flexibility index (Phi) is 4.01. The Balaban J connectivity index is 2.15. The number of aromatic nitrogens is 2. The number of hydrogen-bond donors (Lipinski definition) is 1. The standard InChI is InChI=1S/C13H12F2N2O2/c1-19-13-5-4-11(16-17-13)12(18)7-8-6-9(14)2-3-10(8)15/h2-6,12,18H,7H2,1H3. The minimum Gasteiger partial charge on any atom is -0.480 e. The first-order valence-electron chi connectivity index (χ1n) is 5.59. The van der Waals surface area contributed by atoms with Crippen molar-refractivity contribution < 1.29 is 18.6 Å². The summed E-state index contributed by atoms with van der Waals surface area (Å²) in [5.74, 6) is -0.806. The van der Waals surface area contributed by atoms with Crippen molar-refractivity contribution in [2.45, 2.75) is 12.5 Å². The molecule has 1 unspecified atom stereocenters. The number of nitrogens with zero attached hydrogens (tertiary/aromatic N) is 2. The van der Waals surface area contributed by atoms with E-state index in [1.165, 1.54) is 19.2 Å². The highest BCUT2D eigenvalue weighted by Gasteiger charge is 2.14. The van der Waals surface area contributed by atoms with Crippen LogP contribution in [0.5, 0.6) is 5.88 Å². The van der Waals surface area contributed by atoms with Gasteiger partial charge in [0.25, 0.3) is 0 Å². The maximum Gasteiger partial charge on any atom is 0.233 e. The lowest BCUT2D eigenvalue weighted by Crippen LogP contribution is -2.07. The summed E-state index contributed by atoms with van der Waals surface area (Å²) >= 11 is 0. The molecule has 1 aromatic heterocycles. The van der Waals surface area contributed by atoms with Crippen molar-refractivity contribution in [2.24, 2.45) is 0 Å². The molecule has 19 heavy (non-hydrogen) atoms. The number of ether oxygens (including phenoxy) is 1. The molecular formula is C13H12F2N2O2. The molecule has 6 heteroatoms. The van der Waals surface area contributed by atoms with Gasteiger partial charge in [-0.05, 0) is 29.8 Å². The van der Waals surface area contributed by atoms with Crippen LogP contribution in [-0.4, -0.2) is 22.4 Å². The van der Waals surface area contributed by atoms with Crippen molar-refractivity contribution >= 4 is 0 Å². The van der Waals surface area contributed by atoms with E-state index in [-0.39, 0.29) is 17.7 Å². The molecule has 4 nitrogen and oxygen atoms in total. The fraction of sp³-hybridized carbons (Fsp3) is 0.231. The molecule has 0 bridgehead atoms. The second-order valence-electron chi connectivity index (χ2n) is 3.96. The van der Waals surface area contributed by atoms with Gasteiger partial charge in [-0.3, -0.25) is 0 Å². The van der Waals surface area contributed by atoms with E-state index < -0.39 is 17.7 Å². The number of benzene rings is 1. The highest BCUT2D eigenvalue weighted by atomic mass is 19.1. The van der Waals surface area contributed by atoms with Crippen LogP contribution in [0.15, 0.2) is 30.3 Å². The minimum absolute atomic E-state index is 0.0788. The first-order valence-corrected chi connectivity index (χ1v) is 5.59. The van der Waals surface area contributed by atoms with E-state index in [1.54, 1.807) is 0 Å². The van der Waals surface area contributed by atoms with E-state index in [0.29, 0.717) is 5.88 Å². The van der Waals surface area contributed by atoms with E-state index in [9.17, 15) is 13.9 Å². The molecule has 1 N–H and O–H groups in total. The zero-order chi connectivity index (χ0) is 13.8. The van der Waals surface area contributed by atoms with Gasteiger partial charge >= 0.3 is 0 Å². The van der Waals surface area contributed by atoms with Crippen LogP contribution in [0.25, 0.3) is 0 Å². The molecular weight excluding hydrogens is 254 g/mol. The third-order valence-electron chi connectivity index (χ3n) is 2.63. The second-order valence-corrected chi connectivity index (χ2v) is 3.96. The third-order valence-corrected chi connectivity index (χ3v) is 2.63. The summed E-state index contributed by atoms with van der Waals surface area (Å²) in [5, 5.41) is 17.4. The fourth-order valence-corrected chi connectivity index (χ4v) is 1.63. The van der Waals surface area contributed by atoms with Crippen molar-refractivity contribution in [1.82, 2.24) is 10.2 Å². The molecule has 2 rings (SSSR count). The monoisotopic (exact) mass is 266 g/mol. The molecule has 0 spiro atoms. The molecule has 100 valence electrons. The Morgan fingerprint density at radius 2 is 2.00 bits per heavy atom. The molecule has 0 saturated heterocycles. The number of rotatable bonds is 4. The van der Waals surface area contributed by atoms with E-state index in [1.807, 2.05) is 0 Å². The molecule has 0 aliphatic rings. The third kappa shape index (κ3) is 3.23. The average Bonchev–Trinajstić information content (AvgIpc) is 2.43. The van der Waals surface area contributed by atoms with Crippen LogP contribution >= 0.6 is 0 Å². The normalized spacial score (nSPS) is 12.2. The van der Waals surface area contributed by atoms with E-state index >= 15 is 0 Å². The van der Waals surface area contributed by atoms with Crippen LogP contribution in [-0.2, 0) is 6.42 Å². The summed E-state index contributed by atoms with van der Waals surface area (Å²) in [6.45, 7) is 0. The first-order chi connectivity index (χ1) is 9.10. The largest absolute Gasteiger partial charge is 0.480 e. The van der Waals surface area contributed by atoms with Gasteiger partial charge < -0.3 is 9.84 Å². The van der Waals surface area contributed by atoms with Crippen LogP contribution in [0.1, 0.15) is 17.4 Å². The Labute approximate surface area is 108 Å². The maximum absolute atomic E-state index is 13.4. The second kappa shape index (κ2) is 5.71. The van der Waals surface area contributed by atoms with Gasteiger partial charge in [-0.2, -0.15) is 0 Å². The van der Waals surface area contributed by atoms with Crippen molar-refractivity contribution in [2.75, 3.05) is 7.11 Å².